The number of nitrogens with one attached hydrogen (secondary N) is 1. The number of methoxy groups -OCH3 is 1. The van der Waals surface area contributed by atoms with Crippen LogP contribution < -0.4 is 5.32 Å². The number of hydrogen-bond donors (Lipinski definition) is 1. The highest BCUT2D eigenvalue weighted by atomic mass is 32.2. The smallest absolute Gasteiger partial charge is 0.322 e. The molecule has 29 heavy (non-hydrogen) atoms. The molecule has 158 valence electrons. The number of hydrogen-bond acceptors (Lipinski definition) is 6. The predicted octanol–water partition coefficient (Wildman–Crippen LogP) is 1.36. The molecule has 1 saturated heterocycles. The molecule has 2 heterocycles. The van der Waals surface area contributed by atoms with Crippen LogP contribution in [0.5, 0.6) is 0 Å². The Morgan fingerprint density at radius 1 is 1.28 bits per heavy atom. The van der Waals surface area contributed by atoms with Gasteiger partial charge in [-0.2, -0.15) is 0 Å². The summed E-state index contributed by atoms with van der Waals surface area (Å²) in [4.78, 5) is 40.4. The first-order valence-corrected chi connectivity index (χ1v) is 11.4. The summed E-state index contributed by atoms with van der Waals surface area (Å²) in [5.41, 5.74) is 0.935. The van der Waals surface area contributed by atoms with Crippen molar-refractivity contribution in [1.29, 1.82) is 0 Å². The fraction of sp³-hybridized carbons (Fsp3) is 0.526. The number of anilines is 1. The molecule has 1 unspecified atom stereocenters. The molecule has 0 saturated carbocycles. The highest BCUT2D eigenvalue weighted by Gasteiger charge is 2.36. The fourth-order valence-corrected chi connectivity index (χ4v) is 5.45. The van der Waals surface area contributed by atoms with Gasteiger partial charge in [-0.1, -0.05) is 0 Å². The third-order valence-electron chi connectivity index (χ3n) is 5.20. The third kappa shape index (κ3) is 4.43. The van der Waals surface area contributed by atoms with E-state index in [-0.39, 0.29) is 35.6 Å². The molecule has 0 bridgehead atoms. The summed E-state index contributed by atoms with van der Waals surface area (Å²) in [6, 6.07) is 3.79. The van der Waals surface area contributed by atoms with Crippen molar-refractivity contribution in [3.8, 4) is 0 Å². The zero-order valence-corrected chi connectivity index (χ0v) is 17.3. The minimum absolute atomic E-state index is 0.0398. The molecule has 2 aliphatic rings. The Morgan fingerprint density at radius 3 is 2.62 bits per heavy atom. The molecular formula is C19H25N3O6S. The lowest BCUT2D eigenvalue weighted by molar-refractivity contribution is 0.0638. The Hall–Kier alpha value is -2.46. The Labute approximate surface area is 169 Å². The van der Waals surface area contributed by atoms with Gasteiger partial charge >= 0.3 is 6.03 Å². The van der Waals surface area contributed by atoms with E-state index in [0.29, 0.717) is 37.2 Å². The van der Waals surface area contributed by atoms with Gasteiger partial charge in [0.25, 0.3) is 11.8 Å². The van der Waals surface area contributed by atoms with Crippen LogP contribution >= 0.6 is 0 Å². The summed E-state index contributed by atoms with van der Waals surface area (Å²) in [6.45, 7) is 2.86. The van der Waals surface area contributed by atoms with E-state index in [0.717, 1.165) is 0 Å². The van der Waals surface area contributed by atoms with Crippen LogP contribution in [0.25, 0.3) is 0 Å². The molecule has 1 aromatic carbocycles. The van der Waals surface area contributed by atoms with E-state index in [2.05, 4.69) is 5.32 Å². The number of urea groups is 1. The Morgan fingerprint density at radius 2 is 2.00 bits per heavy atom. The maximum absolute atomic E-state index is 12.7. The van der Waals surface area contributed by atoms with Crippen LogP contribution in [0.2, 0.25) is 0 Å². The van der Waals surface area contributed by atoms with Crippen molar-refractivity contribution in [2.75, 3.05) is 43.6 Å². The van der Waals surface area contributed by atoms with E-state index < -0.39 is 21.8 Å². The molecule has 1 fully saturated rings. The second-order valence-electron chi connectivity index (χ2n) is 7.14. The molecule has 0 radical (unpaired) electrons. The summed E-state index contributed by atoms with van der Waals surface area (Å²) >= 11 is 0. The number of ether oxygens (including phenoxy) is 1. The van der Waals surface area contributed by atoms with Crippen molar-refractivity contribution < 1.29 is 27.5 Å². The Bertz CT molecular complexity index is 930. The van der Waals surface area contributed by atoms with Gasteiger partial charge in [0.1, 0.15) is 0 Å². The van der Waals surface area contributed by atoms with Crippen molar-refractivity contribution >= 4 is 33.4 Å². The lowest BCUT2D eigenvalue weighted by Crippen LogP contribution is -2.43. The van der Waals surface area contributed by atoms with E-state index in [1.54, 1.807) is 20.1 Å². The average molecular weight is 423 g/mol. The normalized spacial score (nSPS) is 20.1. The van der Waals surface area contributed by atoms with E-state index in [1.807, 2.05) is 0 Å². The summed E-state index contributed by atoms with van der Waals surface area (Å²) in [7, 11) is -1.56. The SMILES string of the molecule is CCN(C(=O)Nc1ccc2c(c1)C(=O)N(CCCOC)C2=O)C1CCS(=O)(=O)C1. The summed E-state index contributed by atoms with van der Waals surface area (Å²) < 4.78 is 28.4. The van der Waals surface area contributed by atoms with E-state index >= 15 is 0 Å². The molecule has 0 aromatic heterocycles. The molecule has 2 aliphatic heterocycles. The third-order valence-corrected chi connectivity index (χ3v) is 6.95. The number of fused-ring (bicyclic) bond motifs is 1. The summed E-state index contributed by atoms with van der Waals surface area (Å²) in [5, 5.41) is 2.72. The van der Waals surface area contributed by atoms with Crippen LogP contribution in [0.15, 0.2) is 18.2 Å². The molecule has 1 N–H and O–H groups in total. The van der Waals surface area contributed by atoms with E-state index in [1.165, 1.54) is 21.9 Å². The fourth-order valence-electron chi connectivity index (χ4n) is 3.72. The summed E-state index contributed by atoms with van der Waals surface area (Å²) in [6.07, 6.45) is 0.957. The van der Waals surface area contributed by atoms with Crippen LogP contribution in [0.3, 0.4) is 0 Å². The van der Waals surface area contributed by atoms with E-state index in [4.69, 9.17) is 4.74 Å². The Kier molecular flexibility index (Phi) is 6.23. The predicted molar refractivity (Wildman–Crippen MR) is 107 cm³/mol. The van der Waals surface area contributed by atoms with Crippen LogP contribution in [-0.4, -0.2) is 80.4 Å². The largest absolute Gasteiger partial charge is 0.385 e. The van der Waals surface area contributed by atoms with Crippen molar-refractivity contribution in [2.24, 2.45) is 0 Å². The zero-order valence-electron chi connectivity index (χ0n) is 16.5. The molecule has 0 spiro atoms. The monoisotopic (exact) mass is 423 g/mol. The standard InChI is InChI=1S/C19H25N3O6S/c1-3-21(14-7-10-29(26,27)12-14)19(25)20-13-5-6-15-16(11-13)18(24)22(17(15)23)8-4-9-28-2/h5-6,11,14H,3-4,7-10,12H2,1-2H3,(H,20,25). The second kappa shape index (κ2) is 8.50. The number of nitrogens with zero attached hydrogens (tertiary/aromatic N) is 2. The quantitative estimate of drug-likeness (QED) is 0.523. The first-order chi connectivity index (χ1) is 13.8. The van der Waals surface area contributed by atoms with Crippen LogP contribution in [0.4, 0.5) is 10.5 Å². The molecule has 10 heteroatoms. The molecule has 0 aliphatic carbocycles. The van der Waals surface area contributed by atoms with Crippen LogP contribution in [0, 0.1) is 0 Å². The van der Waals surface area contributed by atoms with Gasteiger partial charge in [0.15, 0.2) is 9.84 Å². The minimum Gasteiger partial charge on any atom is -0.385 e. The topological polar surface area (TPSA) is 113 Å². The number of rotatable bonds is 7. The molecule has 3 rings (SSSR count). The molecule has 4 amide bonds. The highest BCUT2D eigenvalue weighted by molar-refractivity contribution is 7.91. The Balaban J connectivity index is 1.71. The number of carbonyl (C=O) groups is 3. The lowest BCUT2D eigenvalue weighted by atomic mass is 10.1. The number of sulfone groups is 1. The van der Waals surface area contributed by atoms with Gasteiger partial charge in [0.2, 0.25) is 0 Å². The first kappa shape index (κ1) is 21.3. The highest BCUT2D eigenvalue weighted by Crippen LogP contribution is 2.26. The second-order valence-corrected chi connectivity index (χ2v) is 9.37. The molecule has 9 nitrogen and oxygen atoms in total. The number of amides is 4. The number of benzene rings is 1. The van der Waals surface area contributed by atoms with E-state index in [9.17, 15) is 22.8 Å². The number of carbonyl (C=O) groups excluding carboxylic acids is 3. The lowest BCUT2D eigenvalue weighted by Gasteiger charge is -2.27. The van der Waals surface area contributed by atoms with Crippen molar-refractivity contribution in [1.82, 2.24) is 9.80 Å². The van der Waals surface area contributed by atoms with Crippen molar-refractivity contribution in [2.45, 2.75) is 25.8 Å². The van der Waals surface area contributed by atoms with Gasteiger partial charge in [0.05, 0.1) is 22.6 Å². The van der Waals surface area contributed by atoms with Crippen molar-refractivity contribution in [3.63, 3.8) is 0 Å². The minimum atomic E-state index is -3.11. The van der Waals surface area contributed by atoms with Gasteiger partial charge in [-0.25, -0.2) is 13.2 Å². The van der Waals surface area contributed by atoms with Gasteiger partial charge in [0, 0.05) is 38.5 Å². The maximum Gasteiger partial charge on any atom is 0.322 e. The molecule has 1 aromatic rings. The first-order valence-electron chi connectivity index (χ1n) is 9.54. The van der Waals surface area contributed by atoms with Gasteiger partial charge in [-0.3, -0.25) is 14.5 Å². The van der Waals surface area contributed by atoms with Gasteiger partial charge < -0.3 is 15.0 Å². The number of imide groups is 1. The molecular weight excluding hydrogens is 398 g/mol. The average Bonchev–Trinajstić information content (AvgIpc) is 3.14. The van der Waals surface area contributed by atoms with Crippen LogP contribution in [-0.2, 0) is 14.6 Å². The van der Waals surface area contributed by atoms with Crippen molar-refractivity contribution in [3.05, 3.63) is 29.3 Å². The van der Waals surface area contributed by atoms with Gasteiger partial charge in [-0.05, 0) is 38.0 Å². The maximum atomic E-state index is 12.7. The zero-order chi connectivity index (χ0) is 21.2. The van der Waals surface area contributed by atoms with Crippen LogP contribution in [0.1, 0.15) is 40.5 Å². The van der Waals surface area contributed by atoms with Gasteiger partial charge in [-0.15, -0.1) is 0 Å². The summed E-state index contributed by atoms with van der Waals surface area (Å²) in [5.74, 6) is -0.714. The molecule has 1 atom stereocenters.